The van der Waals surface area contributed by atoms with Crippen LogP contribution in [-0.2, 0) is 0 Å². The molecule has 1 aliphatic rings. The number of benzene rings is 1. The van der Waals surface area contributed by atoms with Crippen LogP contribution in [0.2, 0.25) is 0 Å². The van der Waals surface area contributed by atoms with E-state index in [0.717, 1.165) is 13.0 Å². The van der Waals surface area contributed by atoms with Crippen molar-refractivity contribution in [3.63, 3.8) is 0 Å². The Morgan fingerprint density at radius 2 is 2.31 bits per heavy atom. The van der Waals surface area contributed by atoms with Gasteiger partial charge in [0.05, 0.1) is 0 Å². The minimum Gasteiger partial charge on any atom is -0.309 e. The van der Waals surface area contributed by atoms with Gasteiger partial charge in [0.1, 0.15) is 0 Å². The first-order valence-electron chi connectivity index (χ1n) is 5.80. The van der Waals surface area contributed by atoms with Gasteiger partial charge in [-0.25, -0.2) is 0 Å². The summed E-state index contributed by atoms with van der Waals surface area (Å²) in [4.78, 5) is 1.43. The molecule has 1 unspecified atom stereocenters. The third-order valence-corrected chi connectivity index (χ3v) is 4.02. The summed E-state index contributed by atoms with van der Waals surface area (Å²) in [5.74, 6) is 3.91. The van der Waals surface area contributed by atoms with Crippen molar-refractivity contribution in [1.82, 2.24) is 5.32 Å². The number of fused-ring (bicyclic) bond motifs is 1. The molecule has 1 heterocycles. The summed E-state index contributed by atoms with van der Waals surface area (Å²) in [7, 11) is 0. The molecule has 84 valence electrons. The molecule has 0 amide bonds. The number of hydrogen-bond donors (Lipinski definition) is 1. The molecule has 1 N–H and O–H groups in total. The molecule has 1 nitrogen and oxygen atoms in total. The van der Waals surface area contributed by atoms with Gasteiger partial charge in [0, 0.05) is 23.9 Å². The largest absolute Gasteiger partial charge is 0.309 e. The topological polar surface area (TPSA) is 12.0 Å². The van der Waals surface area contributed by atoms with E-state index in [-0.39, 0.29) is 0 Å². The van der Waals surface area contributed by atoms with Gasteiger partial charge in [0.2, 0.25) is 0 Å². The van der Waals surface area contributed by atoms with Gasteiger partial charge >= 0.3 is 0 Å². The lowest BCUT2D eigenvalue weighted by Gasteiger charge is -2.18. The summed E-state index contributed by atoms with van der Waals surface area (Å²) in [6, 6.07) is 9.19. The highest BCUT2D eigenvalue weighted by Crippen LogP contribution is 2.34. The standard InChI is InChI=1S/C14H17NS/c1-2-3-10-15-13-8-6-11-16-14-9-5-4-7-12(13)14/h1,4-5,7,9,13,15H,3,6,8,10-11H2. The average Bonchev–Trinajstić information content (AvgIpc) is 2.52. The Hall–Kier alpha value is -0.910. The van der Waals surface area contributed by atoms with Gasteiger partial charge in [-0.1, -0.05) is 18.2 Å². The van der Waals surface area contributed by atoms with Crippen molar-refractivity contribution in [2.75, 3.05) is 12.3 Å². The number of hydrogen-bond acceptors (Lipinski definition) is 2. The lowest BCUT2D eigenvalue weighted by atomic mass is 10.0. The lowest BCUT2D eigenvalue weighted by Crippen LogP contribution is -2.22. The monoisotopic (exact) mass is 231 g/mol. The first-order valence-corrected chi connectivity index (χ1v) is 6.79. The first kappa shape index (κ1) is 11.6. The molecule has 2 rings (SSSR count). The van der Waals surface area contributed by atoms with E-state index in [1.165, 1.54) is 29.1 Å². The summed E-state index contributed by atoms with van der Waals surface area (Å²) >= 11 is 1.97. The highest BCUT2D eigenvalue weighted by Gasteiger charge is 2.17. The normalized spacial score (nSPS) is 19.6. The fourth-order valence-corrected chi connectivity index (χ4v) is 3.14. The third-order valence-electron chi connectivity index (χ3n) is 2.85. The fourth-order valence-electron chi connectivity index (χ4n) is 2.06. The minimum atomic E-state index is 0.486. The van der Waals surface area contributed by atoms with Gasteiger partial charge in [-0.05, 0) is 30.2 Å². The van der Waals surface area contributed by atoms with Gasteiger partial charge in [-0.15, -0.1) is 24.1 Å². The van der Waals surface area contributed by atoms with Crippen molar-refractivity contribution in [3.05, 3.63) is 29.8 Å². The Morgan fingerprint density at radius 1 is 1.44 bits per heavy atom. The van der Waals surface area contributed by atoms with E-state index in [0.29, 0.717) is 6.04 Å². The predicted octanol–water partition coefficient (Wildman–Crippen LogP) is 3.23. The third kappa shape index (κ3) is 2.81. The van der Waals surface area contributed by atoms with Gasteiger partial charge in [-0.3, -0.25) is 0 Å². The Kier molecular flexibility index (Phi) is 4.33. The quantitative estimate of drug-likeness (QED) is 0.633. The summed E-state index contributed by atoms with van der Waals surface area (Å²) in [6.45, 7) is 0.917. The lowest BCUT2D eigenvalue weighted by molar-refractivity contribution is 0.500. The van der Waals surface area contributed by atoms with Crippen LogP contribution in [0, 0.1) is 12.3 Å². The van der Waals surface area contributed by atoms with E-state index in [4.69, 9.17) is 6.42 Å². The Balaban J connectivity index is 2.10. The van der Waals surface area contributed by atoms with Crippen LogP contribution in [0.4, 0.5) is 0 Å². The molecule has 2 heteroatoms. The second-order valence-corrected chi connectivity index (χ2v) is 5.13. The predicted molar refractivity (Wildman–Crippen MR) is 70.6 cm³/mol. The summed E-state index contributed by atoms with van der Waals surface area (Å²) in [5, 5.41) is 3.56. The Morgan fingerprint density at radius 3 is 3.19 bits per heavy atom. The molecule has 1 aromatic rings. The molecule has 1 aliphatic heterocycles. The molecule has 0 fully saturated rings. The number of nitrogens with one attached hydrogen (secondary N) is 1. The molecule has 16 heavy (non-hydrogen) atoms. The smallest absolute Gasteiger partial charge is 0.0332 e. The van der Waals surface area contributed by atoms with E-state index in [9.17, 15) is 0 Å². The van der Waals surface area contributed by atoms with Crippen molar-refractivity contribution < 1.29 is 0 Å². The van der Waals surface area contributed by atoms with Crippen LogP contribution in [-0.4, -0.2) is 12.3 Å². The van der Waals surface area contributed by atoms with Gasteiger partial charge in [-0.2, -0.15) is 0 Å². The van der Waals surface area contributed by atoms with Gasteiger partial charge in [0.25, 0.3) is 0 Å². The van der Waals surface area contributed by atoms with E-state index in [1.54, 1.807) is 0 Å². The molecule has 0 bridgehead atoms. The fraction of sp³-hybridized carbons (Fsp3) is 0.429. The van der Waals surface area contributed by atoms with Crippen molar-refractivity contribution in [2.24, 2.45) is 0 Å². The van der Waals surface area contributed by atoms with Gasteiger partial charge < -0.3 is 5.32 Å². The zero-order valence-corrected chi connectivity index (χ0v) is 10.2. The molecular formula is C14H17NS. The van der Waals surface area contributed by atoms with E-state index < -0.39 is 0 Å². The maximum Gasteiger partial charge on any atom is 0.0332 e. The molecule has 0 spiro atoms. The molecule has 0 aromatic heterocycles. The number of terminal acetylenes is 1. The van der Waals surface area contributed by atoms with Crippen molar-refractivity contribution in [2.45, 2.75) is 30.2 Å². The van der Waals surface area contributed by atoms with Crippen molar-refractivity contribution in [3.8, 4) is 12.3 Å². The van der Waals surface area contributed by atoms with Crippen LogP contribution in [0.25, 0.3) is 0 Å². The number of rotatable bonds is 3. The highest BCUT2D eigenvalue weighted by molar-refractivity contribution is 7.99. The molecule has 0 saturated carbocycles. The van der Waals surface area contributed by atoms with E-state index in [1.807, 2.05) is 11.8 Å². The van der Waals surface area contributed by atoms with Crippen LogP contribution >= 0.6 is 11.8 Å². The zero-order valence-electron chi connectivity index (χ0n) is 9.41. The summed E-state index contributed by atoms with van der Waals surface area (Å²) < 4.78 is 0. The second-order valence-electron chi connectivity index (χ2n) is 3.99. The van der Waals surface area contributed by atoms with E-state index >= 15 is 0 Å². The molecular weight excluding hydrogens is 214 g/mol. The number of thioether (sulfide) groups is 1. The summed E-state index contributed by atoms with van der Waals surface area (Å²) in [6.07, 6.45) is 8.57. The van der Waals surface area contributed by atoms with Crippen LogP contribution in [0.15, 0.2) is 29.2 Å². The molecule has 1 atom stereocenters. The SMILES string of the molecule is C#CCCNC1CCCSc2ccccc21. The van der Waals surface area contributed by atoms with Crippen LogP contribution in [0.1, 0.15) is 30.9 Å². The van der Waals surface area contributed by atoms with E-state index in [2.05, 4.69) is 35.5 Å². The maximum atomic E-state index is 5.28. The second kappa shape index (κ2) is 5.98. The van der Waals surface area contributed by atoms with Crippen molar-refractivity contribution >= 4 is 11.8 Å². The first-order chi connectivity index (χ1) is 7.92. The highest BCUT2D eigenvalue weighted by atomic mass is 32.2. The Labute approximate surface area is 102 Å². The Bertz CT molecular complexity index is 381. The molecule has 0 radical (unpaired) electrons. The maximum absolute atomic E-state index is 5.28. The summed E-state index contributed by atoms with van der Waals surface area (Å²) in [5.41, 5.74) is 1.45. The minimum absolute atomic E-state index is 0.486. The zero-order chi connectivity index (χ0) is 11.2. The van der Waals surface area contributed by atoms with Crippen LogP contribution in [0.5, 0.6) is 0 Å². The van der Waals surface area contributed by atoms with Crippen LogP contribution in [0.3, 0.4) is 0 Å². The molecule has 0 aliphatic carbocycles. The molecule has 0 saturated heterocycles. The average molecular weight is 231 g/mol. The molecule has 1 aromatic carbocycles. The van der Waals surface area contributed by atoms with Gasteiger partial charge in [0.15, 0.2) is 0 Å². The van der Waals surface area contributed by atoms with Crippen LogP contribution < -0.4 is 5.32 Å². The van der Waals surface area contributed by atoms with Crippen molar-refractivity contribution in [1.29, 1.82) is 0 Å².